The van der Waals surface area contributed by atoms with Crippen LogP contribution in [0.2, 0.25) is 0 Å². The first-order chi connectivity index (χ1) is 8.13. The first-order valence-corrected chi connectivity index (χ1v) is 7.32. The number of nitrogens with one attached hydrogen (secondary N) is 1. The molecule has 98 valence electrons. The lowest BCUT2D eigenvalue weighted by molar-refractivity contribution is -0.0709. The Kier molecular flexibility index (Phi) is 5.63. The lowest BCUT2D eigenvalue weighted by Gasteiger charge is -2.38. The first-order valence-electron chi connectivity index (χ1n) is 6.51. The Hall–Kier alpha value is -0.380. The number of ether oxygens (including phenoxy) is 1. The van der Waals surface area contributed by atoms with E-state index in [2.05, 4.69) is 45.1 Å². The lowest BCUT2D eigenvalue weighted by atomic mass is 9.87. The summed E-state index contributed by atoms with van der Waals surface area (Å²) < 4.78 is 6.09. The van der Waals surface area contributed by atoms with Crippen molar-refractivity contribution >= 4 is 11.3 Å². The minimum Gasteiger partial charge on any atom is -0.373 e. The summed E-state index contributed by atoms with van der Waals surface area (Å²) in [6.45, 7) is 9.42. The molecule has 0 aliphatic rings. The Bertz CT molecular complexity index is 331. The second kappa shape index (κ2) is 6.53. The predicted molar refractivity (Wildman–Crippen MR) is 75.8 cm³/mol. The Morgan fingerprint density at radius 1 is 1.29 bits per heavy atom. The molecule has 0 bridgehead atoms. The molecule has 1 atom stereocenters. The minimum absolute atomic E-state index is 0.0825. The van der Waals surface area contributed by atoms with Crippen molar-refractivity contribution in [2.45, 2.75) is 52.2 Å². The molecular weight excluding hydrogens is 230 g/mol. The molecule has 1 unspecified atom stereocenters. The average Bonchev–Trinajstić information content (AvgIpc) is 2.75. The molecular formula is C14H25NOS. The largest absolute Gasteiger partial charge is 0.373 e. The van der Waals surface area contributed by atoms with Crippen LogP contribution >= 0.6 is 11.3 Å². The van der Waals surface area contributed by atoms with Crippen LogP contribution in [0, 0.1) is 6.92 Å². The van der Waals surface area contributed by atoms with E-state index in [4.69, 9.17) is 4.74 Å². The molecule has 0 saturated heterocycles. The van der Waals surface area contributed by atoms with Gasteiger partial charge in [-0.1, -0.05) is 13.8 Å². The van der Waals surface area contributed by atoms with Crippen LogP contribution in [0.5, 0.6) is 0 Å². The van der Waals surface area contributed by atoms with Crippen LogP contribution in [-0.4, -0.2) is 19.3 Å². The van der Waals surface area contributed by atoms with E-state index in [1.807, 2.05) is 18.4 Å². The molecule has 1 aromatic heterocycles. The monoisotopic (exact) mass is 255 g/mol. The van der Waals surface area contributed by atoms with E-state index in [0.29, 0.717) is 0 Å². The van der Waals surface area contributed by atoms with Crippen molar-refractivity contribution in [3.63, 3.8) is 0 Å². The van der Waals surface area contributed by atoms with Crippen molar-refractivity contribution in [3.05, 3.63) is 21.9 Å². The van der Waals surface area contributed by atoms with E-state index in [9.17, 15) is 0 Å². The van der Waals surface area contributed by atoms with E-state index in [1.165, 1.54) is 9.75 Å². The second-order valence-corrected chi connectivity index (χ2v) is 5.69. The number of thiophene rings is 1. The van der Waals surface area contributed by atoms with Gasteiger partial charge in [-0.15, -0.1) is 11.3 Å². The van der Waals surface area contributed by atoms with Gasteiger partial charge in [-0.05, 0) is 45.9 Å². The van der Waals surface area contributed by atoms with Gasteiger partial charge in [0.15, 0.2) is 0 Å². The van der Waals surface area contributed by atoms with Crippen molar-refractivity contribution < 1.29 is 4.74 Å². The van der Waals surface area contributed by atoms with Crippen molar-refractivity contribution in [2.75, 3.05) is 13.7 Å². The summed E-state index contributed by atoms with van der Waals surface area (Å²) in [7, 11) is 2.03. The molecule has 3 heteroatoms. The van der Waals surface area contributed by atoms with E-state index in [-0.39, 0.29) is 11.6 Å². The molecule has 0 saturated carbocycles. The fraction of sp³-hybridized carbons (Fsp3) is 0.714. The molecule has 1 aromatic rings. The van der Waals surface area contributed by atoms with Gasteiger partial charge < -0.3 is 10.1 Å². The maximum Gasteiger partial charge on any atom is 0.0878 e. The van der Waals surface area contributed by atoms with Gasteiger partial charge >= 0.3 is 0 Å². The molecule has 0 aliphatic carbocycles. The highest BCUT2D eigenvalue weighted by Crippen LogP contribution is 2.37. The zero-order valence-corrected chi connectivity index (χ0v) is 12.5. The van der Waals surface area contributed by atoms with Crippen LogP contribution in [0.25, 0.3) is 0 Å². The van der Waals surface area contributed by atoms with Gasteiger partial charge in [0.25, 0.3) is 0 Å². The molecule has 1 heterocycles. The maximum absolute atomic E-state index is 6.09. The Balaban J connectivity index is 3.04. The topological polar surface area (TPSA) is 21.3 Å². The van der Waals surface area contributed by atoms with Gasteiger partial charge in [0.1, 0.15) is 0 Å². The van der Waals surface area contributed by atoms with Gasteiger partial charge in [-0.3, -0.25) is 0 Å². The van der Waals surface area contributed by atoms with Gasteiger partial charge in [-0.2, -0.15) is 0 Å². The Morgan fingerprint density at radius 3 is 2.29 bits per heavy atom. The summed E-state index contributed by atoms with van der Waals surface area (Å²) >= 11 is 1.86. The van der Waals surface area contributed by atoms with Crippen LogP contribution in [-0.2, 0) is 4.74 Å². The fourth-order valence-corrected chi connectivity index (χ4v) is 3.60. The maximum atomic E-state index is 6.09. The third-order valence-corrected chi connectivity index (χ3v) is 4.55. The zero-order chi connectivity index (χ0) is 12.9. The molecule has 0 aromatic carbocycles. The van der Waals surface area contributed by atoms with Crippen molar-refractivity contribution in [3.8, 4) is 0 Å². The number of hydrogen-bond acceptors (Lipinski definition) is 3. The molecule has 17 heavy (non-hydrogen) atoms. The van der Waals surface area contributed by atoms with E-state index in [0.717, 1.165) is 19.4 Å². The smallest absolute Gasteiger partial charge is 0.0878 e. The highest BCUT2D eigenvalue weighted by molar-refractivity contribution is 7.12. The molecule has 0 radical (unpaired) electrons. The van der Waals surface area contributed by atoms with Crippen LogP contribution in [0.1, 0.15) is 49.4 Å². The van der Waals surface area contributed by atoms with Crippen LogP contribution < -0.4 is 5.32 Å². The van der Waals surface area contributed by atoms with Gasteiger partial charge in [0, 0.05) is 16.4 Å². The number of aryl methyl sites for hydroxylation is 1. The first kappa shape index (κ1) is 14.7. The van der Waals surface area contributed by atoms with Crippen LogP contribution in [0.4, 0.5) is 0 Å². The van der Waals surface area contributed by atoms with Gasteiger partial charge in [0.2, 0.25) is 0 Å². The summed E-state index contributed by atoms with van der Waals surface area (Å²) in [6, 6.07) is 4.70. The van der Waals surface area contributed by atoms with Crippen LogP contribution in [0.15, 0.2) is 12.1 Å². The minimum atomic E-state index is -0.0825. The molecule has 1 N–H and O–H groups in total. The zero-order valence-electron chi connectivity index (χ0n) is 11.7. The van der Waals surface area contributed by atoms with Gasteiger partial charge in [-0.25, -0.2) is 0 Å². The SMILES string of the molecule is CCOC(CC)(CC)C(NC)c1ccc(C)s1. The number of hydrogen-bond donors (Lipinski definition) is 1. The molecule has 0 spiro atoms. The Labute approximate surface area is 109 Å². The van der Waals surface area contributed by atoms with Crippen molar-refractivity contribution in [1.82, 2.24) is 5.32 Å². The summed E-state index contributed by atoms with van der Waals surface area (Å²) in [4.78, 5) is 2.74. The quantitative estimate of drug-likeness (QED) is 0.797. The van der Waals surface area contributed by atoms with Crippen molar-refractivity contribution in [2.24, 2.45) is 0 Å². The van der Waals surface area contributed by atoms with E-state index < -0.39 is 0 Å². The normalized spacial score (nSPS) is 13.9. The van der Waals surface area contributed by atoms with Crippen LogP contribution in [0.3, 0.4) is 0 Å². The highest BCUT2D eigenvalue weighted by atomic mass is 32.1. The fourth-order valence-electron chi connectivity index (χ4n) is 2.51. The van der Waals surface area contributed by atoms with E-state index >= 15 is 0 Å². The summed E-state index contributed by atoms with van der Waals surface area (Å²) in [5.41, 5.74) is -0.0825. The second-order valence-electron chi connectivity index (χ2n) is 4.37. The molecule has 0 aliphatic heterocycles. The molecule has 0 amide bonds. The number of rotatable bonds is 7. The van der Waals surface area contributed by atoms with Gasteiger partial charge in [0.05, 0.1) is 11.6 Å². The summed E-state index contributed by atoms with van der Waals surface area (Å²) in [6.07, 6.45) is 2.06. The molecule has 2 nitrogen and oxygen atoms in total. The third-order valence-electron chi connectivity index (χ3n) is 3.49. The number of likely N-dealkylation sites (N-methyl/N-ethyl adjacent to an activating group) is 1. The average molecular weight is 255 g/mol. The predicted octanol–water partition coefficient (Wildman–Crippen LogP) is 3.91. The summed E-state index contributed by atoms with van der Waals surface area (Å²) in [5, 5.41) is 3.44. The molecule has 0 fully saturated rings. The molecule has 1 rings (SSSR count). The Morgan fingerprint density at radius 2 is 1.94 bits per heavy atom. The summed E-state index contributed by atoms with van der Waals surface area (Å²) in [5.74, 6) is 0. The highest BCUT2D eigenvalue weighted by Gasteiger charge is 2.37. The standard InChI is InChI=1S/C14H25NOS/c1-6-14(7-2,16-8-3)13(15-5)12-10-9-11(4)17-12/h9-10,13,15H,6-8H2,1-5H3. The van der Waals surface area contributed by atoms with Crippen molar-refractivity contribution in [1.29, 1.82) is 0 Å². The third kappa shape index (κ3) is 3.09. The lowest BCUT2D eigenvalue weighted by Crippen LogP contribution is -2.44. The van der Waals surface area contributed by atoms with E-state index in [1.54, 1.807) is 0 Å².